The van der Waals surface area contributed by atoms with Gasteiger partial charge in [0.15, 0.2) is 0 Å². The Hall–Kier alpha value is -2.34. The van der Waals surface area contributed by atoms with Crippen LogP contribution in [0.5, 0.6) is 0 Å². The van der Waals surface area contributed by atoms with Gasteiger partial charge in [0.1, 0.15) is 12.4 Å². The molecule has 2 rings (SSSR count). The first-order valence-corrected chi connectivity index (χ1v) is 6.50. The number of benzene rings is 1. The van der Waals surface area contributed by atoms with Crippen molar-refractivity contribution in [2.45, 2.75) is 13.1 Å². The lowest BCUT2D eigenvalue weighted by Crippen LogP contribution is -2.31. The van der Waals surface area contributed by atoms with E-state index in [1.807, 2.05) is 0 Å². The number of anilines is 1. The summed E-state index contributed by atoms with van der Waals surface area (Å²) < 4.78 is 14.2. The highest BCUT2D eigenvalue weighted by atomic mass is 35.5. The fourth-order valence-electron chi connectivity index (χ4n) is 1.73. The van der Waals surface area contributed by atoms with Crippen molar-refractivity contribution >= 4 is 23.2 Å². The van der Waals surface area contributed by atoms with Crippen LogP contribution in [0.25, 0.3) is 0 Å². The molecule has 5 nitrogen and oxygen atoms in total. The highest BCUT2D eigenvalue weighted by molar-refractivity contribution is 6.30. The maximum atomic E-state index is 13.0. The second-order valence-corrected chi connectivity index (χ2v) is 4.86. The van der Waals surface area contributed by atoms with Gasteiger partial charge in [-0.1, -0.05) is 17.7 Å². The van der Waals surface area contributed by atoms with E-state index in [2.05, 4.69) is 5.32 Å². The first kappa shape index (κ1) is 15.1. The average molecular weight is 310 g/mol. The molecule has 1 heterocycles. The SMILES string of the molecule is Nc1ccc(=O)n(CC(=O)NCc2ccc(F)c(Cl)c2)c1. The van der Waals surface area contributed by atoms with E-state index in [1.54, 1.807) is 0 Å². The highest BCUT2D eigenvalue weighted by Crippen LogP contribution is 2.15. The Balaban J connectivity index is 1.97. The normalized spacial score (nSPS) is 10.4. The van der Waals surface area contributed by atoms with E-state index in [-0.39, 0.29) is 29.6 Å². The molecule has 0 aliphatic rings. The van der Waals surface area contributed by atoms with E-state index >= 15 is 0 Å². The van der Waals surface area contributed by atoms with Crippen molar-refractivity contribution in [3.63, 3.8) is 0 Å². The van der Waals surface area contributed by atoms with Crippen LogP contribution in [0.2, 0.25) is 5.02 Å². The number of hydrogen-bond donors (Lipinski definition) is 2. The first-order chi connectivity index (χ1) is 9.95. The van der Waals surface area contributed by atoms with Gasteiger partial charge in [-0.05, 0) is 23.8 Å². The van der Waals surface area contributed by atoms with Gasteiger partial charge in [0.25, 0.3) is 5.56 Å². The van der Waals surface area contributed by atoms with Crippen molar-refractivity contribution in [1.82, 2.24) is 9.88 Å². The summed E-state index contributed by atoms with van der Waals surface area (Å²) in [5.41, 5.74) is 6.30. The molecule has 1 aromatic carbocycles. The van der Waals surface area contributed by atoms with E-state index in [0.717, 1.165) is 0 Å². The third kappa shape index (κ3) is 4.06. The lowest BCUT2D eigenvalue weighted by molar-refractivity contribution is -0.121. The molecule has 0 saturated carbocycles. The van der Waals surface area contributed by atoms with Crippen LogP contribution in [0, 0.1) is 5.82 Å². The van der Waals surface area contributed by atoms with Gasteiger partial charge in [0.2, 0.25) is 5.91 Å². The number of nitrogens with two attached hydrogens (primary N) is 1. The molecular formula is C14H13ClFN3O2. The Kier molecular flexibility index (Phi) is 4.59. The summed E-state index contributed by atoms with van der Waals surface area (Å²) in [7, 11) is 0. The third-order valence-corrected chi connectivity index (χ3v) is 3.08. The minimum Gasteiger partial charge on any atom is -0.398 e. The predicted octanol–water partition coefficient (Wildman–Crippen LogP) is 1.54. The van der Waals surface area contributed by atoms with Crippen LogP contribution in [0.1, 0.15) is 5.56 Å². The number of halogens is 2. The van der Waals surface area contributed by atoms with E-state index in [9.17, 15) is 14.0 Å². The topological polar surface area (TPSA) is 77.1 Å². The molecule has 0 bridgehead atoms. The summed E-state index contributed by atoms with van der Waals surface area (Å²) in [5, 5.41) is 2.61. The molecular weight excluding hydrogens is 297 g/mol. The highest BCUT2D eigenvalue weighted by Gasteiger charge is 2.06. The summed E-state index contributed by atoms with van der Waals surface area (Å²) in [6.45, 7) is 0.0503. The van der Waals surface area contributed by atoms with Gasteiger partial charge in [0.05, 0.1) is 5.02 Å². The zero-order valence-corrected chi connectivity index (χ0v) is 11.7. The lowest BCUT2D eigenvalue weighted by Gasteiger charge is -2.08. The summed E-state index contributed by atoms with van der Waals surface area (Å²) in [6, 6.07) is 6.95. The molecule has 3 N–H and O–H groups in total. The standard InChI is InChI=1S/C14H13ClFN3O2/c15-11-5-9(1-3-12(11)16)6-18-13(20)8-19-7-10(17)2-4-14(19)21/h1-5,7H,6,8,17H2,(H,18,20). The first-order valence-electron chi connectivity index (χ1n) is 6.12. The maximum Gasteiger partial charge on any atom is 0.251 e. The van der Waals surface area contributed by atoms with Crippen LogP contribution in [0.15, 0.2) is 41.3 Å². The molecule has 0 unspecified atom stereocenters. The number of aromatic nitrogens is 1. The number of pyridine rings is 1. The van der Waals surface area contributed by atoms with E-state index < -0.39 is 5.82 Å². The Bertz CT molecular complexity index is 730. The molecule has 0 spiro atoms. The summed E-state index contributed by atoms with van der Waals surface area (Å²) in [5.74, 6) is -0.874. The Morgan fingerprint density at radius 2 is 2.10 bits per heavy atom. The van der Waals surface area contributed by atoms with Crippen molar-refractivity contribution in [3.05, 3.63) is 63.3 Å². The number of nitrogens with one attached hydrogen (secondary N) is 1. The molecule has 0 fully saturated rings. The number of nitrogen functional groups attached to an aromatic ring is 1. The Morgan fingerprint density at radius 3 is 2.81 bits per heavy atom. The number of rotatable bonds is 4. The molecule has 0 aliphatic heterocycles. The van der Waals surface area contributed by atoms with Crippen LogP contribution in [0.3, 0.4) is 0 Å². The van der Waals surface area contributed by atoms with Gasteiger partial charge in [0, 0.05) is 24.5 Å². The number of carbonyl (C=O) groups excluding carboxylic acids is 1. The molecule has 1 amide bonds. The molecule has 1 aromatic heterocycles. The van der Waals surface area contributed by atoms with Gasteiger partial charge >= 0.3 is 0 Å². The molecule has 0 radical (unpaired) electrons. The fraction of sp³-hybridized carbons (Fsp3) is 0.143. The smallest absolute Gasteiger partial charge is 0.251 e. The number of hydrogen-bond acceptors (Lipinski definition) is 3. The van der Waals surface area contributed by atoms with E-state index in [4.69, 9.17) is 17.3 Å². The van der Waals surface area contributed by atoms with Gasteiger partial charge in [-0.2, -0.15) is 0 Å². The van der Waals surface area contributed by atoms with Gasteiger partial charge in [-0.25, -0.2) is 4.39 Å². The molecule has 110 valence electrons. The van der Waals surface area contributed by atoms with Crippen molar-refractivity contribution < 1.29 is 9.18 Å². The fourth-order valence-corrected chi connectivity index (χ4v) is 1.94. The summed E-state index contributed by atoms with van der Waals surface area (Å²) in [6.07, 6.45) is 1.40. The van der Waals surface area contributed by atoms with E-state index in [0.29, 0.717) is 11.3 Å². The van der Waals surface area contributed by atoms with Crippen LogP contribution < -0.4 is 16.6 Å². The van der Waals surface area contributed by atoms with Gasteiger partial charge in [-0.15, -0.1) is 0 Å². The molecule has 2 aromatic rings. The minimum absolute atomic E-state index is 0.00574. The van der Waals surface area contributed by atoms with Crippen LogP contribution in [0.4, 0.5) is 10.1 Å². The second-order valence-electron chi connectivity index (χ2n) is 4.45. The average Bonchev–Trinajstić information content (AvgIpc) is 2.44. The van der Waals surface area contributed by atoms with Crippen LogP contribution in [-0.2, 0) is 17.9 Å². The monoisotopic (exact) mass is 309 g/mol. The number of amides is 1. The molecule has 7 heteroatoms. The second kappa shape index (κ2) is 6.41. The van der Waals surface area contributed by atoms with Gasteiger partial charge in [-0.3, -0.25) is 9.59 Å². The zero-order valence-electron chi connectivity index (χ0n) is 11.0. The molecule has 0 atom stereocenters. The maximum absolute atomic E-state index is 13.0. The zero-order chi connectivity index (χ0) is 15.4. The van der Waals surface area contributed by atoms with E-state index in [1.165, 1.54) is 41.1 Å². The van der Waals surface area contributed by atoms with Crippen molar-refractivity contribution in [2.75, 3.05) is 5.73 Å². The Labute approximate surface area is 125 Å². The number of nitrogens with zero attached hydrogens (tertiary/aromatic N) is 1. The van der Waals surface area contributed by atoms with Gasteiger partial charge < -0.3 is 15.6 Å². The quantitative estimate of drug-likeness (QED) is 0.899. The lowest BCUT2D eigenvalue weighted by atomic mass is 10.2. The number of carbonyl (C=O) groups is 1. The van der Waals surface area contributed by atoms with Crippen molar-refractivity contribution in [3.8, 4) is 0 Å². The molecule has 0 aliphatic carbocycles. The largest absolute Gasteiger partial charge is 0.398 e. The summed E-state index contributed by atoms with van der Waals surface area (Å²) in [4.78, 5) is 23.3. The van der Waals surface area contributed by atoms with Crippen LogP contribution >= 0.6 is 11.6 Å². The van der Waals surface area contributed by atoms with Crippen molar-refractivity contribution in [2.24, 2.45) is 0 Å². The molecule has 21 heavy (non-hydrogen) atoms. The summed E-state index contributed by atoms with van der Waals surface area (Å²) >= 11 is 5.65. The van der Waals surface area contributed by atoms with Crippen LogP contribution in [-0.4, -0.2) is 10.5 Å². The predicted molar refractivity (Wildman–Crippen MR) is 78.4 cm³/mol. The Morgan fingerprint density at radius 1 is 1.33 bits per heavy atom. The van der Waals surface area contributed by atoms with Crippen molar-refractivity contribution in [1.29, 1.82) is 0 Å². The third-order valence-electron chi connectivity index (χ3n) is 2.79. The molecule has 0 saturated heterocycles. The minimum atomic E-state index is -0.516.